The molecule has 1 N–H and O–H groups in total. The summed E-state index contributed by atoms with van der Waals surface area (Å²) in [6.07, 6.45) is 0. The highest BCUT2D eigenvalue weighted by molar-refractivity contribution is 8.02. The van der Waals surface area contributed by atoms with Crippen LogP contribution in [0.1, 0.15) is 20.8 Å². The standard InChI is InChI=1S/C8H17NS/c1-5-10-6-8(9-4)7(2)3/h6-7,9H,5H2,1-4H3/b8-6-. The van der Waals surface area contributed by atoms with Crippen LogP contribution in [-0.4, -0.2) is 12.8 Å². The Morgan fingerprint density at radius 3 is 2.50 bits per heavy atom. The van der Waals surface area contributed by atoms with Crippen LogP contribution in [-0.2, 0) is 0 Å². The molecule has 1 nitrogen and oxygen atoms in total. The molecule has 0 aromatic heterocycles. The molecule has 0 unspecified atom stereocenters. The topological polar surface area (TPSA) is 12.0 Å². The van der Waals surface area contributed by atoms with Crippen LogP contribution in [0.3, 0.4) is 0 Å². The summed E-state index contributed by atoms with van der Waals surface area (Å²) in [5.41, 5.74) is 1.33. The zero-order valence-corrected chi connectivity index (χ0v) is 8.09. The van der Waals surface area contributed by atoms with Crippen LogP contribution in [0.25, 0.3) is 0 Å². The average Bonchev–Trinajstić information content (AvgIpc) is 1.89. The van der Waals surface area contributed by atoms with Gasteiger partial charge in [0.05, 0.1) is 0 Å². The number of thioether (sulfide) groups is 1. The van der Waals surface area contributed by atoms with Crippen LogP contribution in [0.5, 0.6) is 0 Å². The molecule has 0 aliphatic heterocycles. The van der Waals surface area contributed by atoms with Crippen LogP contribution in [0.4, 0.5) is 0 Å². The summed E-state index contributed by atoms with van der Waals surface area (Å²) in [6.45, 7) is 6.55. The molecule has 10 heavy (non-hydrogen) atoms. The number of allylic oxidation sites excluding steroid dienone is 1. The van der Waals surface area contributed by atoms with Gasteiger partial charge in [-0.15, -0.1) is 11.8 Å². The van der Waals surface area contributed by atoms with Gasteiger partial charge in [-0.1, -0.05) is 20.8 Å². The quantitative estimate of drug-likeness (QED) is 0.676. The van der Waals surface area contributed by atoms with E-state index in [4.69, 9.17) is 0 Å². The summed E-state index contributed by atoms with van der Waals surface area (Å²) in [5, 5.41) is 5.38. The normalized spacial score (nSPS) is 12.3. The molecule has 2 heteroatoms. The van der Waals surface area contributed by atoms with Gasteiger partial charge in [0, 0.05) is 12.7 Å². The second kappa shape index (κ2) is 5.66. The van der Waals surface area contributed by atoms with Gasteiger partial charge in [0.1, 0.15) is 0 Å². The van der Waals surface area contributed by atoms with Crippen molar-refractivity contribution >= 4 is 11.8 Å². The van der Waals surface area contributed by atoms with E-state index in [1.807, 2.05) is 18.8 Å². The number of nitrogens with one attached hydrogen (secondary N) is 1. The molecule has 0 rings (SSSR count). The third-order valence-electron chi connectivity index (χ3n) is 1.29. The number of rotatable bonds is 4. The van der Waals surface area contributed by atoms with E-state index in [1.165, 1.54) is 5.70 Å². The Kier molecular flexibility index (Phi) is 5.60. The van der Waals surface area contributed by atoms with Crippen LogP contribution >= 0.6 is 11.8 Å². The van der Waals surface area contributed by atoms with Crippen LogP contribution in [0.2, 0.25) is 0 Å². The first-order chi connectivity index (χ1) is 4.72. The molecule has 0 aliphatic carbocycles. The van der Waals surface area contributed by atoms with Crippen molar-refractivity contribution in [3.8, 4) is 0 Å². The van der Waals surface area contributed by atoms with E-state index in [0.717, 1.165) is 5.75 Å². The fourth-order valence-electron chi connectivity index (χ4n) is 0.657. The first-order valence-corrected chi connectivity index (χ1v) is 4.76. The molecule has 0 aromatic rings. The fraction of sp³-hybridized carbons (Fsp3) is 0.750. The predicted octanol–water partition coefficient (Wildman–Crippen LogP) is 2.46. The Bertz CT molecular complexity index is 108. The lowest BCUT2D eigenvalue weighted by Crippen LogP contribution is -2.10. The summed E-state index contributed by atoms with van der Waals surface area (Å²) in [5.74, 6) is 1.77. The van der Waals surface area contributed by atoms with Crippen molar-refractivity contribution in [1.29, 1.82) is 0 Å². The summed E-state index contributed by atoms with van der Waals surface area (Å²) < 4.78 is 0. The molecular formula is C8H17NS. The summed E-state index contributed by atoms with van der Waals surface area (Å²) in [6, 6.07) is 0. The fourth-order valence-corrected chi connectivity index (χ4v) is 1.39. The lowest BCUT2D eigenvalue weighted by atomic mass is 10.2. The number of hydrogen-bond acceptors (Lipinski definition) is 2. The second-order valence-electron chi connectivity index (χ2n) is 2.43. The molecule has 0 heterocycles. The molecule has 0 amide bonds. The van der Waals surface area contributed by atoms with Gasteiger partial charge in [0.15, 0.2) is 0 Å². The van der Waals surface area contributed by atoms with Crippen LogP contribution < -0.4 is 5.32 Å². The summed E-state index contributed by atoms with van der Waals surface area (Å²) in [4.78, 5) is 0. The van der Waals surface area contributed by atoms with Gasteiger partial charge in [-0.2, -0.15) is 0 Å². The van der Waals surface area contributed by atoms with Crippen molar-refractivity contribution in [1.82, 2.24) is 5.32 Å². The minimum Gasteiger partial charge on any atom is -0.391 e. The van der Waals surface area contributed by atoms with Gasteiger partial charge in [-0.3, -0.25) is 0 Å². The molecule has 0 atom stereocenters. The first kappa shape index (κ1) is 9.89. The van der Waals surface area contributed by atoms with Gasteiger partial charge in [0.2, 0.25) is 0 Å². The minimum absolute atomic E-state index is 0.615. The summed E-state index contributed by atoms with van der Waals surface area (Å²) in [7, 11) is 1.97. The van der Waals surface area contributed by atoms with E-state index >= 15 is 0 Å². The van der Waals surface area contributed by atoms with Gasteiger partial charge < -0.3 is 5.32 Å². The Labute approximate surface area is 68.3 Å². The molecule has 0 aliphatic rings. The maximum absolute atomic E-state index is 3.18. The summed E-state index contributed by atoms with van der Waals surface area (Å²) >= 11 is 1.84. The van der Waals surface area contributed by atoms with Crippen molar-refractivity contribution in [2.45, 2.75) is 20.8 Å². The molecule has 0 bridgehead atoms. The zero-order valence-electron chi connectivity index (χ0n) is 7.27. The Hall–Kier alpha value is -0.110. The van der Waals surface area contributed by atoms with Gasteiger partial charge in [0.25, 0.3) is 0 Å². The van der Waals surface area contributed by atoms with Crippen molar-refractivity contribution in [2.75, 3.05) is 12.8 Å². The first-order valence-electron chi connectivity index (χ1n) is 3.71. The van der Waals surface area contributed by atoms with Crippen LogP contribution in [0.15, 0.2) is 11.1 Å². The largest absolute Gasteiger partial charge is 0.391 e. The highest BCUT2D eigenvalue weighted by Gasteiger charge is 1.97. The molecule has 0 spiro atoms. The van der Waals surface area contributed by atoms with E-state index in [-0.39, 0.29) is 0 Å². The van der Waals surface area contributed by atoms with Gasteiger partial charge >= 0.3 is 0 Å². The molecule has 0 saturated heterocycles. The average molecular weight is 159 g/mol. The molecule has 0 aromatic carbocycles. The molecule has 0 fully saturated rings. The Balaban J connectivity index is 3.79. The van der Waals surface area contributed by atoms with Gasteiger partial charge in [-0.05, 0) is 17.1 Å². The van der Waals surface area contributed by atoms with Crippen LogP contribution in [0, 0.1) is 5.92 Å². The highest BCUT2D eigenvalue weighted by atomic mass is 32.2. The maximum atomic E-state index is 3.18. The Morgan fingerprint density at radius 1 is 1.60 bits per heavy atom. The molecular weight excluding hydrogens is 142 g/mol. The smallest absolute Gasteiger partial charge is 0.0194 e. The Morgan fingerprint density at radius 2 is 2.20 bits per heavy atom. The third kappa shape index (κ3) is 3.83. The van der Waals surface area contributed by atoms with Gasteiger partial charge in [-0.25, -0.2) is 0 Å². The maximum Gasteiger partial charge on any atom is 0.0194 e. The van der Waals surface area contributed by atoms with E-state index < -0.39 is 0 Å². The predicted molar refractivity (Wildman–Crippen MR) is 50.1 cm³/mol. The SMILES string of the molecule is CCS/C=C(\NC)C(C)C. The third-order valence-corrected chi connectivity index (χ3v) is 2.04. The monoisotopic (exact) mass is 159 g/mol. The molecule has 60 valence electrons. The van der Waals surface area contributed by atoms with E-state index in [2.05, 4.69) is 31.5 Å². The van der Waals surface area contributed by atoms with Crippen molar-refractivity contribution in [2.24, 2.45) is 5.92 Å². The molecule has 0 radical (unpaired) electrons. The van der Waals surface area contributed by atoms with Crippen molar-refractivity contribution in [3.05, 3.63) is 11.1 Å². The number of hydrogen-bond donors (Lipinski definition) is 1. The lowest BCUT2D eigenvalue weighted by Gasteiger charge is -2.09. The van der Waals surface area contributed by atoms with Crippen molar-refractivity contribution in [3.63, 3.8) is 0 Å². The second-order valence-corrected chi connectivity index (χ2v) is 3.58. The van der Waals surface area contributed by atoms with E-state index in [9.17, 15) is 0 Å². The lowest BCUT2D eigenvalue weighted by molar-refractivity contribution is 0.702. The van der Waals surface area contributed by atoms with E-state index in [0.29, 0.717) is 5.92 Å². The minimum atomic E-state index is 0.615. The zero-order chi connectivity index (χ0) is 7.98. The highest BCUT2D eigenvalue weighted by Crippen LogP contribution is 2.11. The molecule has 0 saturated carbocycles. The van der Waals surface area contributed by atoms with Crippen molar-refractivity contribution < 1.29 is 0 Å². The van der Waals surface area contributed by atoms with E-state index in [1.54, 1.807) is 0 Å².